The molecular weight excluding hydrogens is 205 g/mol. The van der Waals surface area contributed by atoms with Gasteiger partial charge in [0.1, 0.15) is 5.82 Å². The molecule has 0 heterocycles. The number of aryl methyl sites for hydroxylation is 1. The Morgan fingerprint density at radius 2 is 2.12 bits per heavy atom. The Kier molecular flexibility index (Phi) is 3.26. The lowest BCUT2D eigenvalue weighted by Gasteiger charge is -2.24. The fraction of sp³-hybridized carbons (Fsp3) is 0.538. The van der Waals surface area contributed by atoms with E-state index in [0.29, 0.717) is 5.92 Å². The van der Waals surface area contributed by atoms with Gasteiger partial charge in [-0.05, 0) is 48.9 Å². The maximum atomic E-state index is 13.2. The molecule has 1 aromatic carbocycles. The quantitative estimate of drug-likeness (QED) is 0.851. The fourth-order valence-corrected chi connectivity index (χ4v) is 2.20. The number of hydrogen-bond donors (Lipinski definition) is 1. The van der Waals surface area contributed by atoms with Gasteiger partial charge in [-0.3, -0.25) is 0 Å². The highest BCUT2D eigenvalue weighted by atomic mass is 19.1. The second-order valence-electron chi connectivity index (χ2n) is 4.56. The molecule has 16 heavy (non-hydrogen) atoms. The molecule has 2 atom stereocenters. The Hall–Kier alpha value is -0.930. The summed E-state index contributed by atoms with van der Waals surface area (Å²) in [4.78, 5) is 0. The van der Waals surface area contributed by atoms with Gasteiger partial charge < -0.3 is 10.5 Å². The highest BCUT2D eigenvalue weighted by molar-refractivity contribution is 5.30. The van der Waals surface area contributed by atoms with Crippen molar-refractivity contribution >= 4 is 0 Å². The van der Waals surface area contributed by atoms with Gasteiger partial charge >= 0.3 is 0 Å². The fourth-order valence-electron chi connectivity index (χ4n) is 2.20. The zero-order chi connectivity index (χ0) is 11.7. The number of halogens is 1. The molecule has 0 spiro atoms. The second-order valence-corrected chi connectivity index (χ2v) is 4.56. The van der Waals surface area contributed by atoms with E-state index in [4.69, 9.17) is 10.5 Å². The molecule has 2 N–H and O–H groups in total. The minimum Gasteiger partial charge on any atom is -0.379 e. The molecule has 3 heteroatoms. The molecule has 0 radical (unpaired) electrons. The van der Waals surface area contributed by atoms with Gasteiger partial charge in [-0.1, -0.05) is 6.07 Å². The molecule has 88 valence electrons. The second kappa shape index (κ2) is 4.52. The Balaban J connectivity index is 2.24. The maximum absolute atomic E-state index is 13.2. The molecule has 1 saturated carbocycles. The predicted octanol–water partition coefficient (Wildman–Crippen LogP) is 2.56. The third-order valence-corrected chi connectivity index (χ3v) is 3.31. The van der Waals surface area contributed by atoms with E-state index in [9.17, 15) is 4.39 Å². The van der Waals surface area contributed by atoms with Gasteiger partial charge in [0.2, 0.25) is 0 Å². The molecule has 0 amide bonds. The summed E-state index contributed by atoms with van der Waals surface area (Å²) in [5, 5.41) is 0. The molecular formula is C13H18FNO. The van der Waals surface area contributed by atoms with Crippen LogP contribution in [-0.4, -0.2) is 13.2 Å². The summed E-state index contributed by atoms with van der Waals surface area (Å²) in [6.07, 6.45) is 2.35. The van der Waals surface area contributed by atoms with Crippen molar-refractivity contribution in [3.8, 4) is 0 Å². The highest BCUT2D eigenvalue weighted by Gasteiger charge is 2.36. The lowest BCUT2D eigenvalue weighted by Crippen LogP contribution is -2.30. The average molecular weight is 223 g/mol. The van der Waals surface area contributed by atoms with Crippen molar-refractivity contribution in [1.29, 1.82) is 0 Å². The van der Waals surface area contributed by atoms with Crippen LogP contribution >= 0.6 is 0 Å². The van der Waals surface area contributed by atoms with E-state index in [1.807, 2.05) is 6.92 Å². The summed E-state index contributed by atoms with van der Waals surface area (Å²) in [6, 6.07) is 4.52. The smallest absolute Gasteiger partial charge is 0.123 e. The lowest BCUT2D eigenvalue weighted by molar-refractivity contribution is 0.0622. The van der Waals surface area contributed by atoms with Crippen molar-refractivity contribution in [1.82, 2.24) is 0 Å². The van der Waals surface area contributed by atoms with Gasteiger partial charge in [0.25, 0.3) is 0 Å². The molecule has 2 rings (SSSR count). The van der Waals surface area contributed by atoms with Crippen LogP contribution in [0.3, 0.4) is 0 Å². The number of hydrogen-bond acceptors (Lipinski definition) is 2. The van der Waals surface area contributed by atoms with Crippen LogP contribution in [0.5, 0.6) is 0 Å². The summed E-state index contributed by atoms with van der Waals surface area (Å²) in [7, 11) is 1.68. The molecule has 2 unspecified atom stereocenters. The van der Waals surface area contributed by atoms with E-state index in [0.717, 1.165) is 11.1 Å². The van der Waals surface area contributed by atoms with Crippen molar-refractivity contribution in [3.05, 3.63) is 35.1 Å². The van der Waals surface area contributed by atoms with Gasteiger partial charge in [0, 0.05) is 7.11 Å². The van der Waals surface area contributed by atoms with Crippen molar-refractivity contribution < 1.29 is 9.13 Å². The summed E-state index contributed by atoms with van der Waals surface area (Å²) >= 11 is 0. The Bertz CT molecular complexity index is 376. The first-order valence-corrected chi connectivity index (χ1v) is 5.68. The third-order valence-electron chi connectivity index (χ3n) is 3.31. The summed E-state index contributed by atoms with van der Waals surface area (Å²) in [5.41, 5.74) is 8.05. The van der Waals surface area contributed by atoms with E-state index >= 15 is 0 Å². The Morgan fingerprint density at radius 3 is 2.69 bits per heavy atom. The van der Waals surface area contributed by atoms with Gasteiger partial charge in [0.05, 0.1) is 12.1 Å². The van der Waals surface area contributed by atoms with E-state index in [1.54, 1.807) is 13.2 Å². The first kappa shape index (κ1) is 11.6. The zero-order valence-corrected chi connectivity index (χ0v) is 9.74. The lowest BCUT2D eigenvalue weighted by atomic mass is 9.95. The van der Waals surface area contributed by atoms with E-state index in [-0.39, 0.29) is 18.0 Å². The van der Waals surface area contributed by atoms with Crippen LogP contribution in [-0.2, 0) is 4.74 Å². The molecule has 0 aromatic heterocycles. The standard InChI is InChI=1S/C13H18FNO/c1-8-3-6-10(14)7-11(8)12(15)13(16-2)9-4-5-9/h3,6-7,9,12-13H,4-5,15H2,1-2H3. The first-order valence-electron chi connectivity index (χ1n) is 5.68. The minimum atomic E-state index is -0.235. The Morgan fingerprint density at radius 1 is 1.44 bits per heavy atom. The van der Waals surface area contributed by atoms with Gasteiger partial charge in [-0.2, -0.15) is 0 Å². The molecule has 1 aromatic rings. The zero-order valence-electron chi connectivity index (χ0n) is 9.74. The number of nitrogens with two attached hydrogens (primary N) is 1. The summed E-state index contributed by atoms with van der Waals surface area (Å²) < 4.78 is 18.6. The Labute approximate surface area is 95.6 Å². The normalized spacial score (nSPS) is 19.5. The average Bonchev–Trinajstić information content (AvgIpc) is 3.07. The first-order chi connectivity index (χ1) is 7.63. The summed E-state index contributed by atoms with van der Waals surface area (Å²) in [6.45, 7) is 1.95. The van der Waals surface area contributed by atoms with E-state index in [1.165, 1.54) is 25.0 Å². The van der Waals surface area contributed by atoms with Crippen molar-refractivity contribution in [2.75, 3.05) is 7.11 Å². The third kappa shape index (κ3) is 2.25. The molecule has 1 fully saturated rings. The molecule has 0 saturated heterocycles. The van der Waals surface area contributed by atoms with Gasteiger partial charge in [-0.25, -0.2) is 4.39 Å². The van der Waals surface area contributed by atoms with Gasteiger partial charge in [-0.15, -0.1) is 0 Å². The van der Waals surface area contributed by atoms with Crippen LogP contribution < -0.4 is 5.73 Å². The van der Waals surface area contributed by atoms with Crippen LogP contribution in [0.4, 0.5) is 4.39 Å². The number of ether oxygens (including phenoxy) is 1. The van der Waals surface area contributed by atoms with Gasteiger partial charge in [0.15, 0.2) is 0 Å². The SMILES string of the molecule is COC(C1CC1)C(N)c1cc(F)ccc1C. The number of rotatable bonds is 4. The number of benzene rings is 1. The van der Waals surface area contributed by atoms with E-state index < -0.39 is 0 Å². The van der Waals surface area contributed by atoms with Crippen LogP contribution in [0.2, 0.25) is 0 Å². The number of methoxy groups -OCH3 is 1. The van der Waals surface area contributed by atoms with E-state index in [2.05, 4.69) is 0 Å². The summed E-state index contributed by atoms with van der Waals surface area (Å²) in [5.74, 6) is 0.310. The molecule has 1 aliphatic carbocycles. The molecule has 0 aliphatic heterocycles. The van der Waals surface area contributed by atoms with Crippen molar-refractivity contribution in [3.63, 3.8) is 0 Å². The van der Waals surface area contributed by atoms with Crippen LogP contribution in [0.25, 0.3) is 0 Å². The molecule has 1 aliphatic rings. The van der Waals surface area contributed by atoms with Crippen LogP contribution in [0.1, 0.15) is 30.0 Å². The molecule has 0 bridgehead atoms. The monoisotopic (exact) mass is 223 g/mol. The highest BCUT2D eigenvalue weighted by Crippen LogP contribution is 2.39. The van der Waals surface area contributed by atoms with Crippen molar-refractivity contribution in [2.24, 2.45) is 11.7 Å². The minimum absolute atomic E-state index is 0.0144. The predicted molar refractivity (Wildman–Crippen MR) is 61.6 cm³/mol. The topological polar surface area (TPSA) is 35.2 Å². The van der Waals surface area contributed by atoms with Crippen LogP contribution in [0.15, 0.2) is 18.2 Å². The molecule has 2 nitrogen and oxygen atoms in total. The van der Waals surface area contributed by atoms with Crippen LogP contribution in [0, 0.1) is 18.7 Å². The largest absolute Gasteiger partial charge is 0.379 e. The maximum Gasteiger partial charge on any atom is 0.123 e. The van der Waals surface area contributed by atoms with Crippen molar-refractivity contribution in [2.45, 2.75) is 31.9 Å².